The Morgan fingerprint density at radius 3 is 2.83 bits per heavy atom. The lowest BCUT2D eigenvalue weighted by molar-refractivity contribution is -0.125. The largest absolute Gasteiger partial charge is 0.355 e. The molecule has 0 aromatic heterocycles. The zero-order valence-electron chi connectivity index (χ0n) is 10.4. The fourth-order valence-electron chi connectivity index (χ4n) is 2.20. The van der Waals surface area contributed by atoms with E-state index in [2.05, 4.69) is 38.7 Å². The number of amides is 1. The minimum absolute atomic E-state index is 0.156. The minimum atomic E-state index is 0.156. The summed E-state index contributed by atoms with van der Waals surface area (Å²) in [5.41, 5.74) is 1.25. The van der Waals surface area contributed by atoms with E-state index >= 15 is 0 Å². The number of rotatable bonds is 4. The maximum atomic E-state index is 11.9. The van der Waals surface area contributed by atoms with Gasteiger partial charge >= 0.3 is 0 Å². The van der Waals surface area contributed by atoms with Crippen LogP contribution in [0.25, 0.3) is 0 Å². The van der Waals surface area contributed by atoms with E-state index in [-0.39, 0.29) is 11.8 Å². The lowest BCUT2D eigenvalue weighted by Crippen LogP contribution is -2.41. The highest BCUT2D eigenvalue weighted by Crippen LogP contribution is 2.11. The fourth-order valence-corrected chi connectivity index (χ4v) is 2.47. The third-order valence-electron chi connectivity index (χ3n) is 3.29. The molecule has 1 amide bonds. The summed E-state index contributed by atoms with van der Waals surface area (Å²) < 4.78 is 1.09. The Bertz CT molecular complexity index is 385. The summed E-state index contributed by atoms with van der Waals surface area (Å²) in [7, 11) is 0. The molecule has 1 heterocycles. The molecular weight excluding hydrogens is 292 g/mol. The summed E-state index contributed by atoms with van der Waals surface area (Å²) in [6.07, 6.45) is 3.00. The van der Waals surface area contributed by atoms with Gasteiger partial charge in [0.05, 0.1) is 5.92 Å². The van der Waals surface area contributed by atoms with E-state index in [0.717, 1.165) is 43.4 Å². The fraction of sp³-hybridized carbons (Fsp3) is 0.500. The summed E-state index contributed by atoms with van der Waals surface area (Å²) in [4.78, 5) is 11.9. The molecule has 98 valence electrons. The van der Waals surface area contributed by atoms with Crippen molar-refractivity contribution >= 4 is 21.8 Å². The van der Waals surface area contributed by atoms with Crippen LogP contribution in [-0.4, -0.2) is 25.5 Å². The molecule has 1 atom stereocenters. The first-order valence-electron chi connectivity index (χ1n) is 6.48. The lowest BCUT2D eigenvalue weighted by Gasteiger charge is -2.21. The van der Waals surface area contributed by atoms with Crippen LogP contribution in [0.5, 0.6) is 0 Å². The quantitative estimate of drug-likeness (QED) is 0.894. The Labute approximate surface area is 116 Å². The SMILES string of the molecule is O=C(NCCc1ccc(Br)cc1)[C@@H]1CCCNC1. The molecule has 4 heteroatoms. The summed E-state index contributed by atoms with van der Waals surface area (Å²) in [5, 5.41) is 6.29. The van der Waals surface area contributed by atoms with E-state index in [1.165, 1.54) is 5.56 Å². The average molecular weight is 311 g/mol. The maximum Gasteiger partial charge on any atom is 0.224 e. The monoisotopic (exact) mass is 310 g/mol. The van der Waals surface area contributed by atoms with E-state index in [1.54, 1.807) is 0 Å². The number of benzene rings is 1. The number of nitrogens with one attached hydrogen (secondary N) is 2. The van der Waals surface area contributed by atoms with E-state index in [0.29, 0.717) is 0 Å². The predicted molar refractivity (Wildman–Crippen MR) is 76.4 cm³/mol. The van der Waals surface area contributed by atoms with Crippen molar-refractivity contribution in [3.8, 4) is 0 Å². The highest BCUT2D eigenvalue weighted by Gasteiger charge is 2.19. The van der Waals surface area contributed by atoms with Gasteiger partial charge in [0.2, 0.25) is 5.91 Å². The van der Waals surface area contributed by atoms with Crippen LogP contribution in [0, 0.1) is 5.92 Å². The number of halogens is 1. The van der Waals surface area contributed by atoms with Crippen LogP contribution in [0.1, 0.15) is 18.4 Å². The van der Waals surface area contributed by atoms with Crippen LogP contribution in [0.4, 0.5) is 0 Å². The molecule has 2 N–H and O–H groups in total. The zero-order chi connectivity index (χ0) is 12.8. The van der Waals surface area contributed by atoms with Gasteiger partial charge in [0.1, 0.15) is 0 Å². The molecular formula is C14H19BrN2O. The van der Waals surface area contributed by atoms with Gasteiger partial charge in [0.25, 0.3) is 0 Å². The summed E-state index contributed by atoms with van der Waals surface area (Å²) in [5.74, 6) is 0.350. The second-order valence-electron chi connectivity index (χ2n) is 4.71. The molecule has 1 aromatic carbocycles. The maximum absolute atomic E-state index is 11.9. The third-order valence-corrected chi connectivity index (χ3v) is 3.82. The Morgan fingerprint density at radius 2 is 2.17 bits per heavy atom. The molecule has 1 aliphatic heterocycles. The van der Waals surface area contributed by atoms with Crippen molar-refractivity contribution in [3.05, 3.63) is 34.3 Å². The first-order chi connectivity index (χ1) is 8.75. The Balaban J connectivity index is 1.71. The number of piperidine rings is 1. The van der Waals surface area contributed by atoms with Gasteiger partial charge in [-0.05, 0) is 43.5 Å². The lowest BCUT2D eigenvalue weighted by atomic mass is 9.99. The Hall–Kier alpha value is -0.870. The van der Waals surface area contributed by atoms with E-state index in [9.17, 15) is 4.79 Å². The van der Waals surface area contributed by atoms with Crippen LogP contribution in [0.15, 0.2) is 28.7 Å². The number of hydrogen-bond donors (Lipinski definition) is 2. The van der Waals surface area contributed by atoms with Crippen LogP contribution < -0.4 is 10.6 Å². The van der Waals surface area contributed by atoms with Gasteiger partial charge in [-0.2, -0.15) is 0 Å². The molecule has 1 aromatic rings. The molecule has 1 saturated heterocycles. The molecule has 0 radical (unpaired) electrons. The van der Waals surface area contributed by atoms with Crippen molar-refractivity contribution in [1.82, 2.24) is 10.6 Å². The topological polar surface area (TPSA) is 41.1 Å². The Morgan fingerprint density at radius 1 is 1.39 bits per heavy atom. The first kappa shape index (κ1) is 13.6. The molecule has 1 aliphatic rings. The second-order valence-corrected chi connectivity index (χ2v) is 5.63. The van der Waals surface area contributed by atoms with Gasteiger partial charge in [0, 0.05) is 17.6 Å². The highest BCUT2D eigenvalue weighted by atomic mass is 79.9. The average Bonchev–Trinajstić information content (AvgIpc) is 2.42. The van der Waals surface area contributed by atoms with Crippen LogP contribution in [0.3, 0.4) is 0 Å². The van der Waals surface area contributed by atoms with Gasteiger partial charge in [-0.15, -0.1) is 0 Å². The molecule has 2 rings (SSSR count). The molecule has 0 bridgehead atoms. The third kappa shape index (κ3) is 4.10. The van der Waals surface area contributed by atoms with E-state index < -0.39 is 0 Å². The summed E-state index contributed by atoms with van der Waals surface area (Å²) in [6.45, 7) is 2.59. The minimum Gasteiger partial charge on any atom is -0.355 e. The van der Waals surface area contributed by atoms with Crippen LogP contribution in [0.2, 0.25) is 0 Å². The molecule has 18 heavy (non-hydrogen) atoms. The number of carbonyl (C=O) groups is 1. The Kier molecular flexibility index (Phi) is 5.20. The van der Waals surface area contributed by atoms with E-state index in [1.807, 2.05) is 12.1 Å². The van der Waals surface area contributed by atoms with Crippen molar-refractivity contribution in [2.24, 2.45) is 5.92 Å². The van der Waals surface area contributed by atoms with Crippen molar-refractivity contribution in [3.63, 3.8) is 0 Å². The van der Waals surface area contributed by atoms with Crippen molar-refractivity contribution < 1.29 is 4.79 Å². The molecule has 0 aliphatic carbocycles. The van der Waals surface area contributed by atoms with Crippen molar-refractivity contribution in [1.29, 1.82) is 0 Å². The molecule has 3 nitrogen and oxygen atoms in total. The van der Waals surface area contributed by atoms with Crippen LogP contribution >= 0.6 is 15.9 Å². The van der Waals surface area contributed by atoms with Gasteiger partial charge < -0.3 is 10.6 Å². The number of hydrogen-bond acceptors (Lipinski definition) is 2. The molecule has 0 unspecified atom stereocenters. The van der Waals surface area contributed by atoms with Crippen molar-refractivity contribution in [2.75, 3.05) is 19.6 Å². The predicted octanol–water partition coefficient (Wildman–Crippen LogP) is 2.11. The molecule has 1 fully saturated rings. The molecule has 0 spiro atoms. The van der Waals surface area contributed by atoms with Crippen molar-refractivity contribution in [2.45, 2.75) is 19.3 Å². The van der Waals surface area contributed by atoms with Gasteiger partial charge in [-0.25, -0.2) is 0 Å². The smallest absolute Gasteiger partial charge is 0.224 e. The second kappa shape index (κ2) is 6.90. The summed E-state index contributed by atoms with van der Waals surface area (Å²) in [6, 6.07) is 8.22. The number of carbonyl (C=O) groups excluding carboxylic acids is 1. The first-order valence-corrected chi connectivity index (χ1v) is 7.28. The van der Waals surface area contributed by atoms with Gasteiger partial charge in [-0.1, -0.05) is 28.1 Å². The normalized spacial score (nSPS) is 19.5. The highest BCUT2D eigenvalue weighted by molar-refractivity contribution is 9.10. The summed E-state index contributed by atoms with van der Waals surface area (Å²) >= 11 is 3.41. The standard InChI is InChI=1S/C14H19BrN2O/c15-13-5-3-11(4-6-13)7-9-17-14(18)12-2-1-8-16-10-12/h3-6,12,16H,1-2,7-10H2,(H,17,18)/t12-/m1/s1. The zero-order valence-corrected chi connectivity index (χ0v) is 12.0. The van der Waals surface area contributed by atoms with Gasteiger partial charge in [0.15, 0.2) is 0 Å². The molecule has 0 saturated carbocycles. The van der Waals surface area contributed by atoms with E-state index in [4.69, 9.17) is 0 Å². The van der Waals surface area contributed by atoms with Crippen LogP contribution in [-0.2, 0) is 11.2 Å². The van der Waals surface area contributed by atoms with Gasteiger partial charge in [-0.3, -0.25) is 4.79 Å².